The highest BCUT2D eigenvalue weighted by molar-refractivity contribution is 5.79. The molecule has 3 heteroatoms. The van der Waals surface area contributed by atoms with Gasteiger partial charge in [-0.3, -0.25) is 4.79 Å². The molecule has 0 saturated carbocycles. The maximum atomic E-state index is 12.2. The highest BCUT2D eigenvalue weighted by Crippen LogP contribution is 2.25. The topological polar surface area (TPSA) is 32.3 Å². The van der Waals surface area contributed by atoms with E-state index in [9.17, 15) is 4.79 Å². The Morgan fingerprint density at radius 3 is 2.44 bits per heavy atom. The Morgan fingerprint density at radius 2 is 1.94 bits per heavy atom. The van der Waals surface area contributed by atoms with E-state index in [1.807, 2.05) is 0 Å². The van der Waals surface area contributed by atoms with Crippen molar-refractivity contribution in [1.82, 2.24) is 10.2 Å². The van der Waals surface area contributed by atoms with Gasteiger partial charge in [0.1, 0.15) is 0 Å². The first-order valence-electron chi connectivity index (χ1n) is 6.68. The van der Waals surface area contributed by atoms with Crippen LogP contribution in [0.25, 0.3) is 0 Å². The summed E-state index contributed by atoms with van der Waals surface area (Å²) < 4.78 is 0. The number of hydrogen-bond donors (Lipinski definition) is 1. The third kappa shape index (κ3) is 2.57. The zero-order valence-electron chi connectivity index (χ0n) is 10.5. The minimum absolute atomic E-state index is 0.260. The van der Waals surface area contributed by atoms with Gasteiger partial charge in [0.05, 0.1) is 5.92 Å². The van der Waals surface area contributed by atoms with Crippen LogP contribution in [0.1, 0.15) is 33.1 Å². The van der Waals surface area contributed by atoms with E-state index in [1.54, 1.807) is 0 Å². The first kappa shape index (κ1) is 11.9. The number of nitrogens with zero attached hydrogens (tertiary/aromatic N) is 1. The first-order valence-corrected chi connectivity index (χ1v) is 6.68. The Labute approximate surface area is 98.6 Å². The van der Waals surface area contributed by atoms with E-state index in [2.05, 4.69) is 24.1 Å². The number of amides is 1. The molecule has 1 unspecified atom stereocenters. The van der Waals surface area contributed by atoms with Gasteiger partial charge in [0, 0.05) is 19.6 Å². The molecule has 0 aromatic heterocycles. The second kappa shape index (κ2) is 5.17. The number of carbonyl (C=O) groups excluding carboxylic acids is 1. The van der Waals surface area contributed by atoms with Crippen LogP contribution < -0.4 is 5.32 Å². The maximum Gasteiger partial charge on any atom is 0.227 e. The van der Waals surface area contributed by atoms with Crippen molar-refractivity contribution in [2.24, 2.45) is 17.8 Å². The van der Waals surface area contributed by atoms with Crippen LogP contribution in [0.15, 0.2) is 0 Å². The van der Waals surface area contributed by atoms with Crippen LogP contribution in [0.2, 0.25) is 0 Å². The first-order chi connectivity index (χ1) is 7.68. The molecule has 2 rings (SSSR count). The third-order valence-electron chi connectivity index (χ3n) is 4.20. The van der Waals surface area contributed by atoms with E-state index in [1.165, 1.54) is 12.8 Å². The molecule has 1 atom stereocenters. The van der Waals surface area contributed by atoms with Crippen molar-refractivity contribution in [3.05, 3.63) is 0 Å². The van der Waals surface area contributed by atoms with Crippen LogP contribution in [0.5, 0.6) is 0 Å². The standard InChI is InChI=1S/C13H24N2O/c1-10(2)11-4-7-15(8-5-11)13(16)12-3-6-14-9-12/h10-12,14H,3-9H2,1-2H3. The lowest BCUT2D eigenvalue weighted by atomic mass is 9.86. The van der Waals surface area contributed by atoms with Gasteiger partial charge in [-0.1, -0.05) is 13.8 Å². The van der Waals surface area contributed by atoms with Crippen LogP contribution in [0.3, 0.4) is 0 Å². The normalized spacial score (nSPS) is 27.7. The van der Waals surface area contributed by atoms with Crippen LogP contribution in [0.4, 0.5) is 0 Å². The van der Waals surface area contributed by atoms with Crippen LogP contribution in [-0.4, -0.2) is 37.0 Å². The third-order valence-corrected chi connectivity index (χ3v) is 4.20. The molecule has 2 saturated heterocycles. The monoisotopic (exact) mass is 224 g/mol. The fraction of sp³-hybridized carbons (Fsp3) is 0.923. The van der Waals surface area contributed by atoms with E-state index in [0.29, 0.717) is 5.91 Å². The summed E-state index contributed by atoms with van der Waals surface area (Å²) in [6.45, 7) is 8.46. The molecule has 3 nitrogen and oxygen atoms in total. The number of piperidine rings is 1. The molecular weight excluding hydrogens is 200 g/mol. The van der Waals surface area contributed by atoms with Gasteiger partial charge in [0.2, 0.25) is 5.91 Å². The zero-order valence-corrected chi connectivity index (χ0v) is 10.5. The molecular formula is C13H24N2O. The molecule has 0 spiro atoms. The molecule has 0 aromatic carbocycles. The molecule has 92 valence electrons. The number of carbonyl (C=O) groups is 1. The van der Waals surface area contributed by atoms with Gasteiger partial charge >= 0.3 is 0 Å². The van der Waals surface area contributed by atoms with E-state index < -0.39 is 0 Å². The van der Waals surface area contributed by atoms with Gasteiger partial charge in [0.25, 0.3) is 0 Å². The number of nitrogens with one attached hydrogen (secondary N) is 1. The van der Waals surface area contributed by atoms with E-state index in [0.717, 1.165) is 44.4 Å². The van der Waals surface area contributed by atoms with Gasteiger partial charge in [-0.25, -0.2) is 0 Å². The van der Waals surface area contributed by atoms with Crippen molar-refractivity contribution in [1.29, 1.82) is 0 Å². The fourth-order valence-electron chi connectivity index (χ4n) is 2.91. The van der Waals surface area contributed by atoms with Gasteiger partial charge in [-0.2, -0.15) is 0 Å². The van der Waals surface area contributed by atoms with Gasteiger partial charge in [-0.15, -0.1) is 0 Å². The van der Waals surface area contributed by atoms with Crippen LogP contribution >= 0.6 is 0 Å². The molecule has 2 aliphatic heterocycles. The van der Waals surface area contributed by atoms with Gasteiger partial charge < -0.3 is 10.2 Å². The van der Waals surface area contributed by atoms with E-state index in [-0.39, 0.29) is 5.92 Å². The van der Waals surface area contributed by atoms with Gasteiger partial charge in [-0.05, 0) is 37.6 Å². The number of rotatable bonds is 2. The van der Waals surface area contributed by atoms with Crippen molar-refractivity contribution in [2.45, 2.75) is 33.1 Å². The fourth-order valence-corrected chi connectivity index (χ4v) is 2.91. The second-order valence-corrected chi connectivity index (χ2v) is 5.60. The average molecular weight is 224 g/mol. The summed E-state index contributed by atoms with van der Waals surface area (Å²) >= 11 is 0. The summed E-state index contributed by atoms with van der Waals surface area (Å²) in [6, 6.07) is 0. The van der Waals surface area contributed by atoms with Crippen molar-refractivity contribution in [2.75, 3.05) is 26.2 Å². The van der Waals surface area contributed by atoms with Crippen molar-refractivity contribution in [3.8, 4) is 0 Å². The Hall–Kier alpha value is -0.570. The van der Waals surface area contributed by atoms with Crippen LogP contribution in [0, 0.1) is 17.8 Å². The maximum absolute atomic E-state index is 12.2. The van der Waals surface area contributed by atoms with Crippen LogP contribution in [-0.2, 0) is 4.79 Å². The number of likely N-dealkylation sites (tertiary alicyclic amines) is 1. The second-order valence-electron chi connectivity index (χ2n) is 5.60. The SMILES string of the molecule is CC(C)C1CCN(C(=O)C2CCNC2)CC1. The Balaban J connectivity index is 1.81. The largest absolute Gasteiger partial charge is 0.342 e. The quantitative estimate of drug-likeness (QED) is 0.771. The molecule has 2 aliphatic rings. The highest BCUT2D eigenvalue weighted by atomic mass is 16.2. The smallest absolute Gasteiger partial charge is 0.227 e. The summed E-state index contributed by atoms with van der Waals surface area (Å²) in [6.07, 6.45) is 3.43. The molecule has 0 radical (unpaired) electrons. The molecule has 0 aliphatic carbocycles. The van der Waals surface area contributed by atoms with Crippen molar-refractivity contribution < 1.29 is 4.79 Å². The molecule has 16 heavy (non-hydrogen) atoms. The summed E-state index contributed by atoms with van der Waals surface area (Å²) in [7, 11) is 0. The Kier molecular flexibility index (Phi) is 3.85. The van der Waals surface area contributed by atoms with E-state index in [4.69, 9.17) is 0 Å². The summed E-state index contributed by atoms with van der Waals surface area (Å²) in [5, 5.41) is 3.27. The average Bonchev–Trinajstić information content (AvgIpc) is 2.81. The summed E-state index contributed by atoms with van der Waals surface area (Å²) in [5.74, 6) is 2.25. The lowest BCUT2D eigenvalue weighted by Crippen LogP contribution is -2.43. The lowest BCUT2D eigenvalue weighted by Gasteiger charge is -2.35. The molecule has 1 amide bonds. The minimum atomic E-state index is 0.260. The molecule has 2 heterocycles. The number of hydrogen-bond acceptors (Lipinski definition) is 2. The molecule has 2 fully saturated rings. The van der Waals surface area contributed by atoms with Crippen molar-refractivity contribution >= 4 is 5.91 Å². The Morgan fingerprint density at radius 1 is 1.25 bits per heavy atom. The predicted molar refractivity (Wildman–Crippen MR) is 65.1 cm³/mol. The molecule has 1 N–H and O–H groups in total. The summed E-state index contributed by atoms with van der Waals surface area (Å²) in [5.41, 5.74) is 0. The zero-order chi connectivity index (χ0) is 11.5. The van der Waals surface area contributed by atoms with E-state index >= 15 is 0 Å². The highest BCUT2D eigenvalue weighted by Gasteiger charge is 2.30. The Bertz CT molecular complexity index is 238. The predicted octanol–water partition coefficient (Wildman–Crippen LogP) is 1.49. The molecule has 0 aromatic rings. The molecule has 0 bridgehead atoms. The van der Waals surface area contributed by atoms with Crippen molar-refractivity contribution in [3.63, 3.8) is 0 Å². The lowest BCUT2D eigenvalue weighted by molar-refractivity contribution is -0.136. The summed E-state index contributed by atoms with van der Waals surface area (Å²) in [4.78, 5) is 14.3. The van der Waals surface area contributed by atoms with Gasteiger partial charge in [0.15, 0.2) is 0 Å². The minimum Gasteiger partial charge on any atom is -0.342 e.